The van der Waals surface area contributed by atoms with Crippen LogP contribution in [0.2, 0.25) is 0 Å². The summed E-state index contributed by atoms with van der Waals surface area (Å²) in [6.07, 6.45) is 3.93. The van der Waals surface area contributed by atoms with E-state index in [0.29, 0.717) is 0 Å². The highest BCUT2D eigenvalue weighted by Gasteiger charge is 2.10. The molecule has 0 N–H and O–H groups in total. The number of aromatic nitrogens is 4. The first-order valence-corrected chi connectivity index (χ1v) is 7.83. The molecule has 2 heterocycles. The standard InChI is InChI=1S/C19H18N4/c1-3-22-11-10-16-8-9-17(12-18(16)22)23-19(13-20-21-23)15-6-4-14(2)5-7-15/h4-13H,3H2,1-2H3. The highest BCUT2D eigenvalue weighted by molar-refractivity contribution is 5.82. The number of fused-ring (bicyclic) bond motifs is 1. The molecule has 0 aliphatic carbocycles. The number of hydrogen-bond acceptors (Lipinski definition) is 2. The molecule has 114 valence electrons. The molecule has 4 rings (SSSR count). The first-order chi connectivity index (χ1) is 11.3. The largest absolute Gasteiger partial charge is 0.348 e. The second-order valence-corrected chi connectivity index (χ2v) is 5.74. The lowest BCUT2D eigenvalue weighted by atomic mass is 10.1. The maximum Gasteiger partial charge on any atom is 0.0944 e. The Balaban J connectivity index is 1.85. The zero-order valence-electron chi connectivity index (χ0n) is 13.3. The van der Waals surface area contributed by atoms with Crippen LogP contribution >= 0.6 is 0 Å². The van der Waals surface area contributed by atoms with E-state index < -0.39 is 0 Å². The predicted molar refractivity (Wildman–Crippen MR) is 92.7 cm³/mol. The summed E-state index contributed by atoms with van der Waals surface area (Å²) in [7, 11) is 0. The van der Waals surface area contributed by atoms with Gasteiger partial charge in [-0.1, -0.05) is 41.1 Å². The van der Waals surface area contributed by atoms with Crippen LogP contribution in [0, 0.1) is 6.92 Å². The topological polar surface area (TPSA) is 35.6 Å². The molecule has 0 saturated heterocycles. The minimum atomic E-state index is 0.954. The molecule has 0 radical (unpaired) electrons. The van der Waals surface area contributed by atoms with E-state index in [9.17, 15) is 0 Å². The highest BCUT2D eigenvalue weighted by atomic mass is 15.4. The third-order valence-electron chi connectivity index (χ3n) is 4.24. The lowest BCUT2D eigenvalue weighted by Crippen LogP contribution is -2.00. The molecule has 2 aromatic carbocycles. The van der Waals surface area contributed by atoms with Crippen LogP contribution in [0.5, 0.6) is 0 Å². The van der Waals surface area contributed by atoms with Gasteiger partial charge in [0.05, 0.1) is 23.1 Å². The van der Waals surface area contributed by atoms with Crippen molar-refractivity contribution in [2.24, 2.45) is 0 Å². The molecule has 0 aliphatic heterocycles. The number of benzene rings is 2. The zero-order valence-corrected chi connectivity index (χ0v) is 13.3. The van der Waals surface area contributed by atoms with E-state index in [1.165, 1.54) is 16.5 Å². The average molecular weight is 302 g/mol. The fraction of sp³-hybridized carbons (Fsp3) is 0.158. The van der Waals surface area contributed by atoms with Gasteiger partial charge < -0.3 is 4.57 Å². The van der Waals surface area contributed by atoms with Crippen LogP contribution < -0.4 is 0 Å². The van der Waals surface area contributed by atoms with Gasteiger partial charge in [0.25, 0.3) is 0 Å². The van der Waals surface area contributed by atoms with Gasteiger partial charge in [-0.05, 0) is 37.4 Å². The molecule has 4 aromatic rings. The summed E-state index contributed by atoms with van der Waals surface area (Å²) in [5.41, 5.74) is 5.61. The summed E-state index contributed by atoms with van der Waals surface area (Å²) < 4.78 is 4.14. The van der Waals surface area contributed by atoms with Crippen molar-refractivity contribution in [1.29, 1.82) is 0 Å². The molecule has 23 heavy (non-hydrogen) atoms. The molecule has 4 nitrogen and oxygen atoms in total. The van der Waals surface area contributed by atoms with Crippen molar-refractivity contribution in [2.45, 2.75) is 20.4 Å². The maximum absolute atomic E-state index is 4.29. The summed E-state index contributed by atoms with van der Waals surface area (Å²) in [5.74, 6) is 0. The Morgan fingerprint density at radius 3 is 2.61 bits per heavy atom. The molecule has 2 aromatic heterocycles. The van der Waals surface area contributed by atoms with Crippen molar-refractivity contribution in [3.05, 3.63) is 66.5 Å². The Kier molecular flexibility index (Phi) is 3.23. The fourth-order valence-corrected chi connectivity index (χ4v) is 2.93. The molecule has 0 fully saturated rings. The van der Waals surface area contributed by atoms with Gasteiger partial charge >= 0.3 is 0 Å². The zero-order chi connectivity index (χ0) is 15.8. The molecule has 0 bridgehead atoms. The van der Waals surface area contributed by atoms with Crippen LogP contribution in [0.1, 0.15) is 12.5 Å². The Hall–Kier alpha value is -2.88. The van der Waals surface area contributed by atoms with Crippen LogP contribution in [0.15, 0.2) is 60.9 Å². The van der Waals surface area contributed by atoms with Gasteiger partial charge in [0.15, 0.2) is 0 Å². The smallest absolute Gasteiger partial charge is 0.0944 e. The van der Waals surface area contributed by atoms with E-state index in [-0.39, 0.29) is 0 Å². The van der Waals surface area contributed by atoms with E-state index in [1.54, 1.807) is 0 Å². The fourth-order valence-electron chi connectivity index (χ4n) is 2.93. The first kappa shape index (κ1) is 13.8. The van der Waals surface area contributed by atoms with Crippen LogP contribution in [0.25, 0.3) is 27.8 Å². The Morgan fingerprint density at radius 1 is 1.00 bits per heavy atom. The number of hydrogen-bond donors (Lipinski definition) is 0. The summed E-state index contributed by atoms with van der Waals surface area (Å²) in [5, 5.41) is 9.65. The van der Waals surface area contributed by atoms with E-state index in [0.717, 1.165) is 23.5 Å². The SMILES string of the molecule is CCn1ccc2ccc(-n3nncc3-c3ccc(C)cc3)cc21. The van der Waals surface area contributed by atoms with Gasteiger partial charge in [-0.25, -0.2) is 4.68 Å². The minimum Gasteiger partial charge on any atom is -0.348 e. The number of nitrogens with zero attached hydrogens (tertiary/aromatic N) is 4. The number of rotatable bonds is 3. The van der Waals surface area contributed by atoms with Gasteiger partial charge in [0.2, 0.25) is 0 Å². The van der Waals surface area contributed by atoms with Crippen molar-refractivity contribution in [1.82, 2.24) is 19.6 Å². The second kappa shape index (κ2) is 5.39. The normalized spacial score (nSPS) is 11.2. The van der Waals surface area contributed by atoms with E-state index in [2.05, 4.69) is 83.5 Å². The summed E-state index contributed by atoms with van der Waals surface area (Å²) in [6.45, 7) is 5.20. The van der Waals surface area contributed by atoms with Crippen LogP contribution in [0.3, 0.4) is 0 Å². The molecular weight excluding hydrogens is 284 g/mol. The third kappa shape index (κ3) is 2.32. The van der Waals surface area contributed by atoms with Gasteiger partial charge in [-0.2, -0.15) is 0 Å². The van der Waals surface area contributed by atoms with Crippen LogP contribution in [-0.2, 0) is 6.54 Å². The van der Waals surface area contributed by atoms with Gasteiger partial charge in [-0.3, -0.25) is 0 Å². The molecule has 0 spiro atoms. The van der Waals surface area contributed by atoms with Gasteiger partial charge in [0.1, 0.15) is 0 Å². The lowest BCUT2D eigenvalue weighted by molar-refractivity contribution is 0.791. The Labute approximate surface area is 135 Å². The van der Waals surface area contributed by atoms with E-state index >= 15 is 0 Å². The van der Waals surface area contributed by atoms with Crippen LogP contribution in [0.4, 0.5) is 0 Å². The maximum atomic E-state index is 4.29. The Bertz CT molecular complexity index is 961. The lowest BCUT2D eigenvalue weighted by Gasteiger charge is -2.08. The van der Waals surface area contributed by atoms with Gasteiger partial charge in [0, 0.05) is 18.3 Å². The van der Waals surface area contributed by atoms with Crippen molar-refractivity contribution >= 4 is 10.9 Å². The minimum absolute atomic E-state index is 0.954. The van der Waals surface area contributed by atoms with Crippen LogP contribution in [-0.4, -0.2) is 19.6 Å². The average Bonchev–Trinajstić information content (AvgIpc) is 3.21. The summed E-state index contributed by atoms with van der Waals surface area (Å²) in [4.78, 5) is 0. The monoisotopic (exact) mass is 302 g/mol. The summed E-state index contributed by atoms with van der Waals surface area (Å²) >= 11 is 0. The van der Waals surface area contributed by atoms with Crippen molar-refractivity contribution < 1.29 is 0 Å². The molecule has 0 atom stereocenters. The van der Waals surface area contributed by atoms with Crippen molar-refractivity contribution in [2.75, 3.05) is 0 Å². The van der Waals surface area contributed by atoms with Crippen molar-refractivity contribution in [3.8, 4) is 16.9 Å². The molecular formula is C19H18N4. The second-order valence-electron chi connectivity index (χ2n) is 5.74. The predicted octanol–water partition coefficient (Wildman–Crippen LogP) is 4.22. The summed E-state index contributed by atoms with van der Waals surface area (Å²) in [6, 6.07) is 17.0. The molecule has 0 aliphatic rings. The molecule has 0 amide bonds. The molecule has 0 saturated carbocycles. The quantitative estimate of drug-likeness (QED) is 0.568. The molecule has 0 unspecified atom stereocenters. The van der Waals surface area contributed by atoms with E-state index in [4.69, 9.17) is 0 Å². The van der Waals surface area contributed by atoms with E-state index in [1.807, 2.05) is 10.9 Å². The Morgan fingerprint density at radius 2 is 1.83 bits per heavy atom. The third-order valence-corrected chi connectivity index (χ3v) is 4.24. The molecule has 4 heteroatoms. The van der Waals surface area contributed by atoms with Gasteiger partial charge in [-0.15, -0.1) is 5.10 Å². The highest BCUT2D eigenvalue weighted by Crippen LogP contribution is 2.25. The first-order valence-electron chi connectivity index (χ1n) is 7.83. The van der Waals surface area contributed by atoms with Crippen molar-refractivity contribution in [3.63, 3.8) is 0 Å². The number of aryl methyl sites for hydroxylation is 2.